The Morgan fingerprint density at radius 2 is 1.91 bits per heavy atom. The third-order valence-electron chi connectivity index (χ3n) is 4.12. The fraction of sp³-hybridized carbons (Fsp3) is 0.400. The molecule has 0 saturated carbocycles. The molecule has 112 valence electrons. The zero-order valence-electron chi connectivity index (χ0n) is 12.4. The van der Waals surface area contributed by atoms with Gasteiger partial charge in [0, 0.05) is 31.4 Å². The molecule has 0 spiro atoms. The van der Waals surface area contributed by atoms with E-state index in [2.05, 4.69) is 35.0 Å². The molecule has 0 aliphatic carbocycles. The van der Waals surface area contributed by atoms with Crippen molar-refractivity contribution in [2.24, 2.45) is 0 Å². The molecule has 22 heavy (non-hydrogen) atoms. The molecule has 0 amide bonds. The summed E-state index contributed by atoms with van der Waals surface area (Å²) in [5, 5.41) is 7.22. The molecule has 0 radical (unpaired) electrons. The standard InChI is InChI=1S/C15H17N7/c1-10-18-14(21-20-10)11-4-8-22(9-5-11)13-3-2-12-15(19-13)17-7-6-16-12/h2-3,6-7,11H,4-5,8-9H2,1H3,(H,18,20,21). The first kappa shape index (κ1) is 13.1. The third kappa shape index (κ3) is 2.38. The van der Waals surface area contributed by atoms with E-state index in [4.69, 9.17) is 0 Å². The molecule has 1 aliphatic heterocycles. The van der Waals surface area contributed by atoms with Gasteiger partial charge in [-0.25, -0.2) is 15.0 Å². The molecule has 7 heteroatoms. The van der Waals surface area contributed by atoms with Crippen LogP contribution >= 0.6 is 0 Å². The van der Waals surface area contributed by atoms with Gasteiger partial charge >= 0.3 is 0 Å². The predicted molar refractivity (Wildman–Crippen MR) is 82.6 cm³/mol. The van der Waals surface area contributed by atoms with Crippen LogP contribution in [0.5, 0.6) is 0 Å². The van der Waals surface area contributed by atoms with Crippen LogP contribution in [0.2, 0.25) is 0 Å². The number of pyridine rings is 1. The largest absolute Gasteiger partial charge is 0.356 e. The van der Waals surface area contributed by atoms with Crippen LogP contribution in [0.3, 0.4) is 0 Å². The van der Waals surface area contributed by atoms with Crippen molar-refractivity contribution in [3.8, 4) is 0 Å². The maximum Gasteiger partial charge on any atom is 0.180 e. The van der Waals surface area contributed by atoms with Crippen molar-refractivity contribution in [3.63, 3.8) is 0 Å². The quantitative estimate of drug-likeness (QED) is 0.776. The monoisotopic (exact) mass is 295 g/mol. The van der Waals surface area contributed by atoms with Crippen molar-refractivity contribution >= 4 is 17.0 Å². The number of aromatic nitrogens is 6. The number of nitrogens with one attached hydrogen (secondary N) is 1. The first-order valence-corrected chi connectivity index (χ1v) is 7.51. The summed E-state index contributed by atoms with van der Waals surface area (Å²) in [6, 6.07) is 4.00. The first-order chi connectivity index (χ1) is 10.8. The van der Waals surface area contributed by atoms with Gasteiger partial charge in [-0.15, -0.1) is 0 Å². The Kier molecular flexibility index (Phi) is 3.17. The fourth-order valence-electron chi connectivity index (χ4n) is 2.93. The van der Waals surface area contributed by atoms with Crippen LogP contribution in [0.1, 0.15) is 30.4 Å². The molecule has 4 heterocycles. The number of nitrogens with zero attached hydrogens (tertiary/aromatic N) is 6. The summed E-state index contributed by atoms with van der Waals surface area (Å²) in [6.45, 7) is 3.85. The number of rotatable bonds is 2. The summed E-state index contributed by atoms with van der Waals surface area (Å²) >= 11 is 0. The number of aryl methyl sites for hydroxylation is 1. The molecular formula is C15H17N7. The van der Waals surface area contributed by atoms with E-state index in [-0.39, 0.29) is 0 Å². The third-order valence-corrected chi connectivity index (χ3v) is 4.12. The van der Waals surface area contributed by atoms with Crippen molar-refractivity contribution in [1.29, 1.82) is 0 Å². The second-order valence-corrected chi connectivity index (χ2v) is 5.61. The molecule has 4 rings (SSSR count). The molecule has 1 fully saturated rings. The van der Waals surface area contributed by atoms with Gasteiger partial charge in [0.25, 0.3) is 0 Å². The van der Waals surface area contributed by atoms with Gasteiger partial charge in [-0.1, -0.05) is 0 Å². The highest BCUT2D eigenvalue weighted by Gasteiger charge is 2.24. The van der Waals surface area contributed by atoms with Crippen LogP contribution in [-0.4, -0.2) is 43.2 Å². The Morgan fingerprint density at radius 3 is 2.68 bits per heavy atom. The van der Waals surface area contributed by atoms with Crippen molar-refractivity contribution in [1.82, 2.24) is 30.1 Å². The highest BCUT2D eigenvalue weighted by Crippen LogP contribution is 2.28. The lowest BCUT2D eigenvalue weighted by Gasteiger charge is -2.31. The summed E-state index contributed by atoms with van der Waals surface area (Å²) in [4.78, 5) is 19.9. The fourth-order valence-corrected chi connectivity index (χ4v) is 2.93. The van der Waals surface area contributed by atoms with Gasteiger partial charge < -0.3 is 4.90 Å². The zero-order valence-corrected chi connectivity index (χ0v) is 12.4. The van der Waals surface area contributed by atoms with Crippen LogP contribution in [0.4, 0.5) is 5.82 Å². The zero-order chi connectivity index (χ0) is 14.9. The molecule has 7 nitrogen and oxygen atoms in total. The summed E-state index contributed by atoms with van der Waals surface area (Å²) < 4.78 is 0. The summed E-state index contributed by atoms with van der Waals surface area (Å²) in [6.07, 6.45) is 5.44. The highest BCUT2D eigenvalue weighted by atomic mass is 15.2. The molecule has 0 aromatic carbocycles. The number of hydrogen-bond donors (Lipinski definition) is 1. The first-order valence-electron chi connectivity index (χ1n) is 7.51. The number of H-pyrrole nitrogens is 1. The van der Waals surface area contributed by atoms with E-state index in [1.54, 1.807) is 12.4 Å². The minimum Gasteiger partial charge on any atom is -0.356 e. The molecule has 1 N–H and O–H groups in total. The van der Waals surface area contributed by atoms with Gasteiger partial charge in [-0.05, 0) is 31.9 Å². The average Bonchev–Trinajstić information content (AvgIpc) is 3.01. The Balaban J connectivity index is 1.50. The lowest BCUT2D eigenvalue weighted by atomic mass is 9.96. The number of fused-ring (bicyclic) bond motifs is 1. The number of aromatic amines is 1. The number of anilines is 1. The SMILES string of the molecule is Cc1nc(C2CCN(c3ccc4nccnc4n3)CC2)n[nH]1. The lowest BCUT2D eigenvalue weighted by Crippen LogP contribution is -2.33. The number of hydrogen-bond acceptors (Lipinski definition) is 6. The van der Waals surface area contributed by atoms with Crippen LogP contribution in [-0.2, 0) is 0 Å². The van der Waals surface area contributed by atoms with E-state index in [0.717, 1.165) is 48.9 Å². The Bertz CT molecular complexity index is 789. The maximum absolute atomic E-state index is 4.62. The highest BCUT2D eigenvalue weighted by molar-refractivity contribution is 5.71. The molecule has 0 bridgehead atoms. The van der Waals surface area contributed by atoms with Crippen LogP contribution in [0.25, 0.3) is 11.2 Å². The van der Waals surface area contributed by atoms with Crippen LogP contribution in [0.15, 0.2) is 24.5 Å². The lowest BCUT2D eigenvalue weighted by molar-refractivity contribution is 0.484. The van der Waals surface area contributed by atoms with E-state index in [1.807, 2.05) is 19.1 Å². The van der Waals surface area contributed by atoms with E-state index in [0.29, 0.717) is 11.6 Å². The maximum atomic E-state index is 4.62. The summed E-state index contributed by atoms with van der Waals surface area (Å²) in [5.41, 5.74) is 1.53. The topological polar surface area (TPSA) is 83.5 Å². The van der Waals surface area contributed by atoms with Crippen molar-refractivity contribution in [2.45, 2.75) is 25.7 Å². The average molecular weight is 295 g/mol. The Morgan fingerprint density at radius 1 is 1.09 bits per heavy atom. The second kappa shape index (κ2) is 5.32. The van der Waals surface area contributed by atoms with Gasteiger partial charge in [0.05, 0.1) is 0 Å². The van der Waals surface area contributed by atoms with E-state index in [9.17, 15) is 0 Å². The molecule has 1 aliphatic rings. The second-order valence-electron chi connectivity index (χ2n) is 5.61. The van der Waals surface area contributed by atoms with Gasteiger partial charge in [0.2, 0.25) is 0 Å². The van der Waals surface area contributed by atoms with E-state index in [1.165, 1.54) is 0 Å². The van der Waals surface area contributed by atoms with Crippen LogP contribution < -0.4 is 4.90 Å². The van der Waals surface area contributed by atoms with Crippen molar-refractivity contribution in [3.05, 3.63) is 36.2 Å². The Labute approximate surface area is 127 Å². The minimum absolute atomic E-state index is 0.432. The summed E-state index contributed by atoms with van der Waals surface area (Å²) in [5.74, 6) is 3.22. The van der Waals surface area contributed by atoms with Gasteiger partial charge in [-0.2, -0.15) is 5.10 Å². The smallest absolute Gasteiger partial charge is 0.180 e. The predicted octanol–water partition coefficient (Wildman–Crippen LogP) is 1.84. The Hall–Kier alpha value is -2.57. The van der Waals surface area contributed by atoms with Crippen LogP contribution in [0, 0.1) is 6.92 Å². The van der Waals surface area contributed by atoms with Gasteiger partial charge in [0.1, 0.15) is 17.2 Å². The van der Waals surface area contributed by atoms with Gasteiger partial charge in [0.15, 0.2) is 11.5 Å². The minimum atomic E-state index is 0.432. The summed E-state index contributed by atoms with van der Waals surface area (Å²) in [7, 11) is 0. The molecular weight excluding hydrogens is 278 g/mol. The molecule has 0 atom stereocenters. The number of piperidine rings is 1. The van der Waals surface area contributed by atoms with E-state index >= 15 is 0 Å². The van der Waals surface area contributed by atoms with E-state index < -0.39 is 0 Å². The van der Waals surface area contributed by atoms with Crippen molar-refractivity contribution in [2.75, 3.05) is 18.0 Å². The normalized spacial score (nSPS) is 16.3. The molecule has 3 aromatic heterocycles. The molecule has 3 aromatic rings. The molecule has 0 unspecified atom stereocenters. The van der Waals surface area contributed by atoms with Gasteiger partial charge in [-0.3, -0.25) is 10.1 Å². The van der Waals surface area contributed by atoms with Crippen molar-refractivity contribution < 1.29 is 0 Å². The molecule has 1 saturated heterocycles.